The molecular formula is C8H8N4O3. The summed E-state index contributed by atoms with van der Waals surface area (Å²) in [6.45, 7) is 0.379. The van der Waals surface area contributed by atoms with Crippen molar-refractivity contribution >= 4 is 5.97 Å². The maximum Gasteiger partial charge on any atom is 0.377 e. The van der Waals surface area contributed by atoms with Gasteiger partial charge in [-0.3, -0.25) is 0 Å². The minimum absolute atomic E-state index is 0.0250. The van der Waals surface area contributed by atoms with Crippen molar-refractivity contribution in [2.75, 3.05) is 7.11 Å². The minimum Gasteiger partial charge on any atom is -0.463 e. The van der Waals surface area contributed by atoms with Crippen molar-refractivity contribution in [3.63, 3.8) is 0 Å². The number of methoxy groups -OCH3 is 1. The van der Waals surface area contributed by atoms with Gasteiger partial charge < -0.3 is 9.26 Å². The van der Waals surface area contributed by atoms with Gasteiger partial charge in [0.25, 0.3) is 5.82 Å². The maximum atomic E-state index is 11.0. The summed E-state index contributed by atoms with van der Waals surface area (Å²) in [5, 5.41) is 7.45. The fourth-order valence-corrected chi connectivity index (χ4v) is 1.04. The van der Waals surface area contributed by atoms with Crippen LogP contribution in [-0.2, 0) is 11.3 Å². The molecule has 15 heavy (non-hydrogen) atoms. The van der Waals surface area contributed by atoms with Crippen molar-refractivity contribution in [3.05, 3.63) is 30.2 Å². The lowest BCUT2D eigenvalue weighted by Crippen LogP contribution is -2.06. The highest BCUT2D eigenvalue weighted by molar-refractivity contribution is 5.84. The number of rotatable bonds is 3. The summed E-state index contributed by atoms with van der Waals surface area (Å²) in [7, 11) is 1.28. The third kappa shape index (κ3) is 2.01. The standard InChI is InChI=1S/C8H8N4O3/c1-14-8(13)7-9-5-12(11-7)4-6-2-3-10-15-6/h2-3,5H,4H2,1H3. The molecule has 7 heteroatoms. The van der Waals surface area contributed by atoms with E-state index < -0.39 is 5.97 Å². The van der Waals surface area contributed by atoms with Gasteiger partial charge >= 0.3 is 5.97 Å². The Balaban J connectivity index is 2.11. The predicted molar refractivity (Wildman–Crippen MR) is 47.0 cm³/mol. The highest BCUT2D eigenvalue weighted by Crippen LogP contribution is 2.00. The number of hydrogen-bond acceptors (Lipinski definition) is 6. The topological polar surface area (TPSA) is 83.0 Å². The monoisotopic (exact) mass is 208 g/mol. The predicted octanol–water partition coefficient (Wildman–Crippen LogP) is 0.101. The van der Waals surface area contributed by atoms with Gasteiger partial charge in [-0.2, -0.15) is 0 Å². The third-order valence-electron chi connectivity index (χ3n) is 1.71. The second kappa shape index (κ2) is 3.91. The molecule has 0 aliphatic heterocycles. The lowest BCUT2D eigenvalue weighted by Gasteiger charge is -1.94. The van der Waals surface area contributed by atoms with E-state index in [4.69, 9.17) is 4.52 Å². The highest BCUT2D eigenvalue weighted by Gasteiger charge is 2.11. The zero-order chi connectivity index (χ0) is 10.7. The van der Waals surface area contributed by atoms with Crippen LogP contribution in [0.4, 0.5) is 0 Å². The van der Waals surface area contributed by atoms with Crippen LogP contribution in [0.15, 0.2) is 23.1 Å². The van der Waals surface area contributed by atoms with Crippen LogP contribution in [0, 0.1) is 0 Å². The summed E-state index contributed by atoms with van der Waals surface area (Å²) in [6.07, 6.45) is 2.96. The number of carbonyl (C=O) groups is 1. The molecule has 0 unspecified atom stereocenters. The van der Waals surface area contributed by atoms with Crippen LogP contribution in [-0.4, -0.2) is 33.0 Å². The van der Waals surface area contributed by atoms with Crippen molar-refractivity contribution < 1.29 is 14.1 Å². The number of esters is 1. The van der Waals surface area contributed by atoms with Gasteiger partial charge in [-0.15, -0.1) is 5.10 Å². The molecule has 0 radical (unpaired) electrons. The molecule has 7 nitrogen and oxygen atoms in total. The van der Waals surface area contributed by atoms with Gasteiger partial charge in [-0.25, -0.2) is 14.5 Å². The third-order valence-corrected chi connectivity index (χ3v) is 1.71. The van der Waals surface area contributed by atoms with Crippen LogP contribution < -0.4 is 0 Å². The normalized spacial score (nSPS) is 10.2. The van der Waals surface area contributed by atoms with E-state index >= 15 is 0 Å². The summed E-state index contributed by atoms with van der Waals surface area (Å²) in [4.78, 5) is 14.8. The molecule has 0 saturated carbocycles. The Morgan fingerprint density at radius 2 is 2.53 bits per heavy atom. The molecule has 0 aliphatic rings. The van der Waals surface area contributed by atoms with E-state index in [0.717, 1.165) is 0 Å². The summed E-state index contributed by atoms with van der Waals surface area (Å²) < 4.78 is 10.8. The summed E-state index contributed by atoms with van der Waals surface area (Å²) in [5.41, 5.74) is 0. The maximum absolute atomic E-state index is 11.0. The van der Waals surface area contributed by atoms with E-state index in [1.54, 1.807) is 6.07 Å². The molecule has 2 aromatic rings. The van der Waals surface area contributed by atoms with Gasteiger partial charge in [0.2, 0.25) is 0 Å². The van der Waals surface area contributed by atoms with E-state index in [9.17, 15) is 4.79 Å². The smallest absolute Gasteiger partial charge is 0.377 e. The second-order valence-corrected chi connectivity index (χ2v) is 2.74. The summed E-state index contributed by atoms with van der Waals surface area (Å²) in [5.74, 6) is 0.0969. The van der Waals surface area contributed by atoms with Crippen LogP contribution in [0.2, 0.25) is 0 Å². The van der Waals surface area contributed by atoms with Crippen molar-refractivity contribution in [1.82, 2.24) is 19.9 Å². The van der Waals surface area contributed by atoms with Crippen LogP contribution in [0.3, 0.4) is 0 Å². The van der Waals surface area contributed by atoms with E-state index in [0.29, 0.717) is 12.3 Å². The Bertz CT molecular complexity index is 448. The summed E-state index contributed by atoms with van der Waals surface area (Å²) in [6, 6.07) is 1.71. The van der Waals surface area contributed by atoms with Gasteiger partial charge in [0.05, 0.1) is 13.3 Å². The van der Waals surface area contributed by atoms with Gasteiger partial charge in [-0.05, 0) is 0 Å². The molecule has 0 spiro atoms. The molecule has 0 N–H and O–H groups in total. The molecule has 0 aliphatic carbocycles. The number of nitrogens with zero attached hydrogens (tertiary/aromatic N) is 4. The first-order chi connectivity index (χ1) is 7.29. The summed E-state index contributed by atoms with van der Waals surface area (Å²) >= 11 is 0. The van der Waals surface area contributed by atoms with Crippen molar-refractivity contribution in [3.8, 4) is 0 Å². The first kappa shape index (κ1) is 9.38. The molecule has 2 rings (SSSR count). The van der Waals surface area contributed by atoms with Crippen molar-refractivity contribution in [2.45, 2.75) is 6.54 Å². The van der Waals surface area contributed by atoms with Gasteiger partial charge in [0.15, 0.2) is 5.76 Å². The first-order valence-electron chi connectivity index (χ1n) is 4.17. The van der Waals surface area contributed by atoms with Crippen LogP contribution in [0.1, 0.15) is 16.4 Å². The minimum atomic E-state index is -0.564. The largest absolute Gasteiger partial charge is 0.463 e. The molecule has 0 atom stereocenters. The zero-order valence-electron chi connectivity index (χ0n) is 7.95. The Hall–Kier alpha value is -2.18. The van der Waals surface area contributed by atoms with E-state index in [-0.39, 0.29) is 5.82 Å². The lowest BCUT2D eigenvalue weighted by molar-refractivity contribution is 0.0586. The molecule has 0 aromatic carbocycles. The van der Waals surface area contributed by atoms with Crippen molar-refractivity contribution in [2.24, 2.45) is 0 Å². The molecule has 0 saturated heterocycles. The van der Waals surface area contributed by atoms with Gasteiger partial charge in [0, 0.05) is 6.07 Å². The molecule has 2 aromatic heterocycles. The SMILES string of the molecule is COC(=O)c1ncn(Cc2ccno2)n1. The fourth-order valence-electron chi connectivity index (χ4n) is 1.04. The Morgan fingerprint density at radius 1 is 1.67 bits per heavy atom. The fraction of sp³-hybridized carbons (Fsp3) is 0.250. The Labute approximate surface area is 84.7 Å². The van der Waals surface area contributed by atoms with Crippen LogP contribution in [0.25, 0.3) is 0 Å². The van der Waals surface area contributed by atoms with Crippen LogP contribution in [0.5, 0.6) is 0 Å². The molecule has 78 valence electrons. The molecule has 0 amide bonds. The number of aromatic nitrogens is 4. The highest BCUT2D eigenvalue weighted by atomic mass is 16.5. The first-order valence-corrected chi connectivity index (χ1v) is 4.17. The molecule has 0 bridgehead atoms. The molecular weight excluding hydrogens is 200 g/mol. The molecule has 0 fully saturated rings. The van der Waals surface area contributed by atoms with Gasteiger partial charge in [-0.1, -0.05) is 5.16 Å². The van der Waals surface area contributed by atoms with Gasteiger partial charge in [0.1, 0.15) is 12.9 Å². The lowest BCUT2D eigenvalue weighted by atomic mass is 10.5. The van der Waals surface area contributed by atoms with E-state index in [1.807, 2.05) is 0 Å². The average Bonchev–Trinajstić information content (AvgIpc) is 2.88. The Morgan fingerprint density at radius 3 is 3.20 bits per heavy atom. The Kier molecular flexibility index (Phi) is 2.44. The van der Waals surface area contributed by atoms with E-state index in [2.05, 4.69) is 20.0 Å². The van der Waals surface area contributed by atoms with E-state index in [1.165, 1.54) is 24.3 Å². The zero-order valence-corrected chi connectivity index (χ0v) is 7.95. The number of ether oxygens (including phenoxy) is 1. The second-order valence-electron chi connectivity index (χ2n) is 2.74. The number of carbonyl (C=O) groups excluding carboxylic acids is 1. The quantitative estimate of drug-likeness (QED) is 0.665. The number of hydrogen-bond donors (Lipinski definition) is 0. The van der Waals surface area contributed by atoms with Crippen LogP contribution >= 0.6 is 0 Å². The molecule has 2 heterocycles. The van der Waals surface area contributed by atoms with Crippen molar-refractivity contribution in [1.29, 1.82) is 0 Å². The average molecular weight is 208 g/mol.